The molecule has 0 saturated heterocycles. The van der Waals surface area contributed by atoms with Gasteiger partial charge in [-0.1, -0.05) is 72.8 Å². The summed E-state index contributed by atoms with van der Waals surface area (Å²) in [5, 5.41) is 4.12. The zero-order valence-electron chi connectivity index (χ0n) is 23.0. The van der Waals surface area contributed by atoms with E-state index in [0.29, 0.717) is 25.3 Å². The van der Waals surface area contributed by atoms with Crippen LogP contribution in [0.15, 0.2) is 109 Å². The second-order valence-corrected chi connectivity index (χ2v) is 9.79. The summed E-state index contributed by atoms with van der Waals surface area (Å²) in [4.78, 5) is 25.2. The number of carbonyl (C=O) groups is 1. The van der Waals surface area contributed by atoms with E-state index in [0.717, 1.165) is 40.0 Å². The molecule has 0 spiro atoms. The number of carbonyl (C=O) groups excluding carboxylic acids is 1. The quantitative estimate of drug-likeness (QED) is 0.208. The van der Waals surface area contributed by atoms with Crippen molar-refractivity contribution in [2.75, 3.05) is 25.1 Å². The van der Waals surface area contributed by atoms with Crippen molar-refractivity contribution >= 4 is 22.6 Å². The van der Waals surface area contributed by atoms with Gasteiger partial charge < -0.3 is 15.0 Å². The Hall–Kier alpha value is -4.71. The topological polar surface area (TPSA) is 67.3 Å². The molecule has 202 valence electrons. The van der Waals surface area contributed by atoms with E-state index in [9.17, 15) is 4.79 Å². The second kappa shape index (κ2) is 12.9. The fourth-order valence-electron chi connectivity index (χ4n) is 4.78. The predicted octanol–water partition coefficient (Wildman–Crippen LogP) is 6.62. The van der Waals surface area contributed by atoms with E-state index < -0.39 is 0 Å². The van der Waals surface area contributed by atoms with E-state index in [4.69, 9.17) is 14.7 Å². The Morgan fingerprint density at radius 3 is 2.23 bits per heavy atom. The van der Waals surface area contributed by atoms with E-state index in [-0.39, 0.29) is 11.9 Å². The number of hydrogen-bond acceptors (Lipinski definition) is 5. The first kappa shape index (κ1) is 26.9. The van der Waals surface area contributed by atoms with E-state index in [1.165, 1.54) is 5.56 Å². The number of anilines is 1. The molecular formula is C34H34N4O2. The summed E-state index contributed by atoms with van der Waals surface area (Å²) in [6.07, 6.45) is 1.18. The van der Waals surface area contributed by atoms with Gasteiger partial charge in [0.1, 0.15) is 11.6 Å². The predicted molar refractivity (Wildman–Crippen MR) is 162 cm³/mol. The van der Waals surface area contributed by atoms with E-state index in [2.05, 4.69) is 40.5 Å². The molecule has 0 saturated carbocycles. The average molecular weight is 531 g/mol. The van der Waals surface area contributed by atoms with Gasteiger partial charge in [-0.25, -0.2) is 9.97 Å². The zero-order valence-corrected chi connectivity index (χ0v) is 23.0. The zero-order chi connectivity index (χ0) is 27.7. The molecule has 1 amide bonds. The van der Waals surface area contributed by atoms with Crippen molar-refractivity contribution in [2.45, 2.75) is 25.8 Å². The molecule has 0 unspecified atom stereocenters. The average Bonchev–Trinajstić information content (AvgIpc) is 3.01. The van der Waals surface area contributed by atoms with E-state index in [1.807, 2.05) is 85.8 Å². The minimum atomic E-state index is -0.0620. The number of methoxy groups -OCH3 is 1. The Kier molecular flexibility index (Phi) is 8.66. The molecular weight excluding hydrogens is 496 g/mol. The number of aromatic nitrogens is 2. The molecule has 1 atom stereocenters. The molecule has 40 heavy (non-hydrogen) atoms. The van der Waals surface area contributed by atoms with Crippen LogP contribution < -0.4 is 15.0 Å². The monoisotopic (exact) mass is 530 g/mol. The van der Waals surface area contributed by atoms with Crippen molar-refractivity contribution in [1.82, 2.24) is 15.3 Å². The fourth-order valence-corrected chi connectivity index (χ4v) is 4.78. The van der Waals surface area contributed by atoms with Gasteiger partial charge in [-0.2, -0.15) is 0 Å². The van der Waals surface area contributed by atoms with Gasteiger partial charge in [0.25, 0.3) is 0 Å². The Morgan fingerprint density at radius 1 is 0.825 bits per heavy atom. The Bertz CT molecular complexity index is 1540. The molecule has 1 aromatic heterocycles. The van der Waals surface area contributed by atoms with Gasteiger partial charge in [-0.05, 0) is 60.9 Å². The summed E-state index contributed by atoms with van der Waals surface area (Å²) in [6, 6.07) is 36.2. The number of nitrogens with zero attached hydrogens (tertiary/aromatic N) is 3. The van der Waals surface area contributed by atoms with Crippen LogP contribution in [0.25, 0.3) is 22.3 Å². The van der Waals surface area contributed by atoms with Crippen molar-refractivity contribution in [3.63, 3.8) is 0 Å². The molecule has 0 aliphatic carbocycles. The maximum atomic E-state index is 13.1. The first-order valence-electron chi connectivity index (χ1n) is 13.6. The number of benzene rings is 4. The highest BCUT2D eigenvalue weighted by molar-refractivity contribution is 5.91. The summed E-state index contributed by atoms with van der Waals surface area (Å²) in [5.41, 5.74) is 4.10. The van der Waals surface area contributed by atoms with Gasteiger partial charge in [0.15, 0.2) is 5.82 Å². The Morgan fingerprint density at radius 2 is 1.50 bits per heavy atom. The van der Waals surface area contributed by atoms with E-state index >= 15 is 0 Å². The highest BCUT2D eigenvalue weighted by Gasteiger charge is 2.18. The van der Waals surface area contributed by atoms with Crippen LogP contribution in [0.2, 0.25) is 0 Å². The summed E-state index contributed by atoms with van der Waals surface area (Å²) >= 11 is 0. The largest absolute Gasteiger partial charge is 0.497 e. The SMILES string of the molecule is COc1ccc(-c2nc(N(CCC(=O)N[C@H](C)c3ccccc3)CCc3ccccc3)c3ccccc3n2)cc1. The van der Waals surface area contributed by atoms with Crippen molar-refractivity contribution in [3.05, 3.63) is 120 Å². The molecule has 5 aromatic rings. The van der Waals surface area contributed by atoms with Gasteiger partial charge in [-0.3, -0.25) is 4.79 Å². The lowest BCUT2D eigenvalue weighted by molar-refractivity contribution is -0.121. The third-order valence-electron chi connectivity index (χ3n) is 7.03. The van der Waals surface area contributed by atoms with Crippen LogP contribution in [0.4, 0.5) is 5.82 Å². The Balaban J connectivity index is 1.44. The minimum Gasteiger partial charge on any atom is -0.497 e. The van der Waals surface area contributed by atoms with Crippen molar-refractivity contribution in [1.29, 1.82) is 0 Å². The summed E-state index contributed by atoms with van der Waals surface area (Å²) in [5.74, 6) is 2.26. The standard InChI is InChI=1S/C34H34N4O2/c1-25(27-13-7-4-8-14-27)35-32(39)22-24-38(23-21-26-11-5-3-6-12-26)34-30-15-9-10-16-31(30)36-33(37-34)28-17-19-29(40-2)20-18-28/h3-20,25H,21-24H2,1-2H3,(H,35,39)/t25-/m1/s1. The molecule has 0 fully saturated rings. The summed E-state index contributed by atoms with van der Waals surface area (Å²) < 4.78 is 5.33. The molecule has 5 rings (SSSR count). The van der Waals surface area contributed by atoms with Crippen molar-refractivity contribution < 1.29 is 9.53 Å². The van der Waals surface area contributed by atoms with E-state index in [1.54, 1.807) is 7.11 Å². The molecule has 1 N–H and O–H groups in total. The number of fused-ring (bicyclic) bond motifs is 1. The fraction of sp³-hybridized carbons (Fsp3) is 0.206. The number of para-hydroxylation sites is 1. The highest BCUT2D eigenvalue weighted by Crippen LogP contribution is 2.29. The van der Waals surface area contributed by atoms with Crippen LogP contribution in [0.1, 0.15) is 30.5 Å². The minimum absolute atomic E-state index is 0.00908. The van der Waals surface area contributed by atoms with Crippen LogP contribution in [-0.2, 0) is 11.2 Å². The molecule has 6 nitrogen and oxygen atoms in total. The number of ether oxygens (including phenoxy) is 1. The van der Waals surface area contributed by atoms with Crippen LogP contribution in [0.3, 0.4) is 0 Å². The third kappa shape index (κ3) is 6.64. The van der Waals surface area contributed by atoms with Crippen molar-refractivity contribution in [2.24, 2.45) is 0 Å². The van der Waals surface area contributed by atoms with Gasteiger partial charge in [0.2, 0.25) is 5.91 Å². The van der Waals surface area contributed by atoms with Crippen LogP contribution in [0, 0.1) is 0 Å². The van der Waals surface area contributed by atoms with Gasteiger partial charge in [-0.15, -0.1) is 0 Å². The molecule has 0 radical (unpaired) electrons. The highest BCUT2D eigenvalue weighted by atomic mass is 16.5. The maximum Gasteiger partial charge on any atom is 0.222 e. The lowest BCUT2D eigenvalue weighted by Crippen LogP contribution is -2.34. The lowest BCUT2D eigenvalue weighted by Gasteiger charge is -2.26. The third-order valence-corrected chi connectivity index (χ3v) is 7.03. The first-order chi connectivity index (χ1) is 19.6. The van der Waals surface area contributed by atoms with Crippen molar-refractivity contribution in [3.8, 4) is 17.1 Å². The molecule has 1 heterocycles. The number of hydrogen-bond donors (Lipinski definition) is 1. The number of rotatable bonds is 11. The van der Waals surface area contributed by atoms with Gasteiger partial charge in [0.05, 0.1) is 18.7 Å². The first-order valence-corrected chi connectivity index (χ1v) is 13.6. The normalized spacial score (nSPS) is 11.7. The van der Waals surface area contributed by atoms with Crippen LogP contribution >= 0.6 is 0 Å². The molecule has 0 aliphatic heterocycles. The Labute approximate surface area is 235 Å². The van der Waals surface area contributed by atoms with Gasteiger partial charge >= 0.3 is 0 Å². The van der Waals surface area contributed by atoms with Crippen LogP contribution in [0.5, 0.6) is 5.75 Å². The molecule has 0 aliphatic rings. The van der Waals surface area contributed by atoms with Gasteiger partial charge in [0, 0.05) is 30.5 Å². The number of nitrogens with one attached hydrogen (secondary N) is 1. The number of amides is 1. The molecule has 0 bridgehead atoms. The molecule has 4 aromatic carbocycles. The summed E-state index contributed by atoms with van der Waals surface area (Å²) in [6.45, 7) is 3.26. The summed E-state index contributed by atoms with van der Waals surface area (Å²) in [7, 11) is 1.65. The lowest BCUT2D eigenvalue weighted by atomic mass is 10.1. The smallest absolute Gasteiger partial charge is 0.222 e. The van der Waals surface area contributed by atoms with Crippen LogP contribution in [-0.4, -0.2) is 36.1 Å². The second-order valence-electron chi connectivity index (χ2n) is 9.79. The molecule has 6 heteroatoms. The maximum absolute atomic E-state index is 13.1.